The van der Waals surface area contributed by atoms with Gasteiger partial charge in [0.1, 0.15) is 0 Å². The fourth-order valence-electron chi connectivity index (χ4n) is 2.30. The number of rotatable bonds is 4. The molecule has 2 atom stereocenters. The average molecular weight is 279 g/mol. The largest absolute Gasteiger partial charge is 0.389 e. The van der Waals surface area contributed by atoms with Crippen molar-refractivity contribution in [3.05, 3.63) is 29.8 Å². The lowest BCUT2D eigenvalue weighted by atomic mass is 10.1. The lowest BCUT2D eigenvalue weighted by Gasteiger charge is -2.20. The number of carbonyl (C=O) groups is 1. The maximum atomic E-state index is 12.2. The monoisotopic (exact) mass is 279 g/mol. The normalized spacial score (nSPS) is 18.4. The van der Waals surface area contributed by atoms with E-state index in [-0.39, 0.29) is 11.2 Å². The van der Waals surface area contributed by atoms with Gasteiger partial charge in [0.25, 0.3) is 0 Å². The fourth-order valence-corrected chi connectivity index (χ4v) is 3.32. The molecule has 0 aromatic heterocycles. The molecule has 1 aromatic carbocycles. The number of carbonyl (C=O) groups excluding carboxylic acids is 1. The molecule has 0 bridgehead atoms. The summed E-state index contributed by atoms with van der Waals surface area (Å²) >= 11 is 1.57. The van der Waals surface area contributed by atoms with Gasteiger partial charge >= 0.3 is 0 Å². The molecule has 1 aromatic rings. The number of thioether (sulfide) groups is 1. The highest BCUT2D eigenvalue weighted by atomic mass is 32.2. The van der Waals surface area contributed by atoms with E-state index in [1.54, 1.807) is 18.7 Å². The first-order chi connectivity index (χ1) is 9.08. The number of amides is 1. The third-order valence-corrected chi connectivity index (χ3v) is 4.50. The molecule has 0 saturated carbocycles. The third kappa shape index (κ3) is 3.74. The number of benzene rings is 1. The molecule has 0 aliphatic carbocycles. The molecule has 2 rings (SSSR count). The Morgan fingerprint density at radius 3 is 2.63 bits per heavy atom. The summed E-state index contributed by atoms with van der Waals surface area (Å²) in [5, 5.41) is 9.51. The van der Waals surface area contributed by atoms with Crippen molar-refractivity contribution < 1.29 is 9.90 Å². The zero-order chi connectivity index (χ0) is 13.8. The first kappa shape index (κ1) is 14.4. The molecule has 0 spiro atoms. The van der Waals surface area contributed by atoms with E-state index in [1.165, 1.54) is 0 Å². The molecule has 3 nitrogen and oxygen atoms in total. The van der Waals surface area contributed by atoms with Crippen molar-refractivity contribution in [2.75, 3.05) is 13.1 Å². The summed E-state index contributed by atoms with van der Waals surface area (Å²) < 4.78 is 0. The Morgan fingerprint density at radius 2 is 2.00 bits per heavy atom. The highest BCUT2D eigenvalue weighted by Crippen LogP contribution is 2.27. The lowest BCUT2D eigenvalue weighted by Crippen LogP contribution is -2.33. The summed E-state index contributed by atoms with van der Waals surface area (Å²) in [6, 6.07) is 7.78. The molecule has 1 aliphatic rings. The Hall–Kier alpha value is -1.00. The quantitative estimate of drug-likeness (QED) is 0.862. The van der Waals surface area contributed by atoms with E-state index in [0.717, 1.165) is 36.4 Å². The maximum Gasteiger partial charge on any atom is 0.235 e. The van der Waals surface area contributed by atoms with Crippen molar-refractivity contribution >= 4 is 17.7 Å². The minimum Gasteiger partial charge on any atom is -0.389 e. The van der Waals surface area contributed by atoms with Crippen molar-refractivity contribution in [3.63, 3.8) is 0 Å². The van der Waals surface area contributed by atoms with Crippen LogP contribution in [0.5, 0.6) is 0 Å². The molecule has 1 amide bonds. The number of likely N-dealkylation sites (tertiary alicyclic amines) is 1. The second-order valence-corrected chi connectivity index (χ2v) is 6.46. The van der Waals surface area contributed by atoms with Gasteiger partial charge in [-0.15, -0.1) is 11.8 Å². The van der Waals surface area contributed by atoms with Gasteiger partial charge in [-0.05, 0) is 44.4 Å². The molecular formula is C15H21NO2S. The van der Waals surface area contributed by atoms with E-state index in [9.17, 15) is 9.90 Å². The van der Waals surface area contributed by atoms with Gasteiger partial charge < -0.3 is 10.0 Å². The first-order valence-electron chi connectivity index (χ1n) is 6.81. The number of nitrogens with zero attached hydrogens (tertiary/aromatic N) is 1. The molecular weight excluding hydrogens is 258 g/mol. The second-order valence-electron chi connectivity index (χ2n) is 5.04. The molecule has 19 heavy (non-hydrogen) atoms. The van der Waals surface area contributed by atoms with Gasteiger partial charge in [0.05, 0.1) is 11.4 Å². The van der Waals surface area contributed by atoms with Gasteiger partial charge in [0, 0.05) is 18.0 Å². The zero-order valence-electron chi connectivity index (χ0n) is 11.5. The van der Waals surface area contributed by atoms with E-state index >= 15 is 0 Å². The molecule has 0 radical (unpaired) electrons. The fraction of sp³-hybridized carbons (Fsp3) is 0.533. The molecule has 4 heteroatoms. The van der Waals surface area contributed by atoms with Crippen LogP contribution in [0.15, 0.2) is 29.2 Å². The van der Waals surface area contributed by atoms with Crippen LogP contribution in [0.1, 0.15) is 38.4 Å². The van der Waals surface area contributed by atoms with E-state index in [4.69, 9.17) is 0 Å². The Kier molecular flexibility index (Phi) is 4.88. The Labute approximate surface area is 119 Å². The number of aliphatic hydroxyl groups excluding tert-OH is 1. The Bertz CT molecular complexity index is 442. The topological polar surface area (TPSA) is 40.5 Å². The smallest absolute Gasteiger partial charge is 0.235 e. The molecule has 1 fully saturated rings. The number of hydrogen-bond donors (Lipinski definition) is 1. The van der Waals surface area contributed by atoms with Crippen molar-refractivity contribution in [2.24, 2.45) is 0 Å². The SMILES string of the molecule is CC(Sc1cccc(C(C)O)c1)C(=O)N1CCCC1. The van der Waals surface area contributed by atoms with E-state index < -0.39 is 6.10 Å². The van der Waals surface area contributed by atoms with Crippen LogP contribution in [-0.4, -0.2) is 34.3 Å². The summed E-state index contributed by atoms with van der Waals surface area (Å²) in [5.41, 5.74) is 0.894. The summed E-state index contributed by atoms with van der Waals surface area (Å²) in [6.45, 7) is 5.51. The van der Waals surface area contributed by atoms with Gasteiger partial charge in [-0.25, -0.2) is 0 Å². The standard InChI is InChI=1S/C15H21NO2S/c1-11(17)13-6-5-7-14(10-13)19-12(2)15(18)16-8-3-4-9-16/h5-7,10-12,17H,3-4,8-9H2,1-2H3. The van der Waals surface area contributed by atoms with Crippen molar-refractivity contribution in [3.8, 4) is 0 Å². The van der Waals surface area contributed by atoms with Gasteiger partial charge in [0.15, 0.2) is 0 Å². The van der Waals surface area contributed by atoms with Gasteiger partial charge in [-0.1, -0.05) is 12.1 Å². The van der Waals surface area contributed by atoms with E-state index in [0.29, 0.717) is 0 Å². The molecule has 104 valence electrons. The summed E-state index contributed by atoms with van der Waals surface area (Å²) in [4.78, 5) is 15.2. The Balaban J connectivity index is 1.99. The average Bonchev–Trinajstić information content (AvgIpc) is 2.92. The van der Waals surface area contributed by atoms with Gasteiger partial charge in [-0.2, -0.15) is 0 Å². The van der Waals surface area contributed by atoms with Crippen LogP contribution in [0, 0.1) is 0 Å². The van der Waals surface area contributed by atoms with Crippen LogP contribution < -0.4 is 0 Å². The van der Waals surface area contributed by atoms with Crippen molar-refractivity contribution in [1.82, 2.24) is 4.90 Å². The predicted molar refractivity (Wildman–Crippen MR) is 78.2 cm³/mol. The summed E-state index contributed by atoms with van der Waals surface area (Å²) in [7, 11) is 0. The summed E-state index contributed by atoms with van der Waals surface area (Å²) in [6.07, 6.45) is 1.78. The number of aliphatic hydroxyl groups is 1. The van der Waals surface area contributed by atoms with Crippen LogP contribution in [-0.2, 0) is 4.79 Å². The van der Waals surface area contributed by atoms with Crippen LogP contribution in [0.2, 0.25) is 0 Å². The van der Waals surface area contributed by atoms with Gasteiger partial charge in [-0.3, -0.25) is 4.79 Å². The lowest BCUT2D eigenvalue weighted by molar-refractivity contribution is -0.129. The van der Waals surface area contributed by atoms with Crippen molar-refractivity contribution in [2.45, 2.75) is 42.9 Å². The Morgan fingerprint density at radius 1 is 1.32 bits per heavy atom. The molecule has 1 N–H and O–H groups in total. The van der Waals surface area contributed by atoms with Crippen LogP contribution in [0.4, 0.5) is 0 Å². The second kappa shape index (κ2) is 6.44. The van der Waals surface area contributed by atoms with E-state index in [2.05, 4.69) is 0 Å². The maximum absolute atomic E-state index is 12.2. The van der Waals surface area contributed by atoms with Crippen LogP contribution >= 0.6 is 11.8 Å². The van der Waals surface area contributed by atoms with Crippen molar-refractivity contribution in [1.29, 1.82) is 0 Å². The first-order valence-corrected chi connectivity index (χ1v) is 7.69. The molecule has 1 heterocycles. The summed E-state index contributed by atoms with van der Waals surface area (Å²) in [5.74, 6) is 0.227. The number of hydrogen-bond acceptors (Lipinski definition) is 3. The van der Waals surface area contributed by atoms with Crippen LogP contribution in [0.25, 0.3) is 0 Å². The van der Waals surface area contributed by atoms with Gasteiger partial charge in [0.2, 0.25) is 5.91 Å². The minimum absolute atomic E-state index is 0.0673. The molecule has 2 unspecified atom stereocenters. The molecule has 1 aliphatic heterocycles. The minimum atomic E-state index is -0.467. The highest BCUT2D eigenvalue weighted by Gasteiger charge is 2.23. The molecule has 1 saturated heterocycles. The van der Waals surface area contributed by atoms with Crippen LogP contribution in [0.3, 0.4) is 0 Å². The zero-order valence-corrected chi connectivity index (χ0v) is 12.3. The predicted octanol–water partition coefficient (Wildman–Crippen LogP) is 2.84. The van der Waals surface area contributed by atoms with E-state index in [1.807, 2.05) is 36.1 Å². The highest BCUT2D eigenvalue weighted by molar-refractivity contribution is 8.00. The third-order valence-electron chi connectivity index (χ3n) is 3.42.